The topological polar surface area (TPSA) is 63.2 Å². The normalized spacial score (nSPS) is 11.5. The first-order valence-electron chi connectivity index (χ1n) is 6.63. The molecule has 1 aromatic rings. The molecule has 0 radical (unpaired) electrons. The zero-order chi connectivity index (χ0) is 15.0. The molecule has 1 aromatic heterocycles. The lowest BCUT2D eigenvalue weighted by molar-refractivity contribution is -0.127. The number of pyridine rings is 1. The molecule has 0 aliphatic heterocycles. The maximum atomic E-state index is 11.7. The van der Waals surface area contributed by atoms with Crippen LogP contribution in [0.3, 0.4) is 0 Å². The third-order valence-electron chi connectivity index (χ3n) is 2.65. The number of aryl methyl sites for hydroxylation is 1. The van der Waals surface area contributed by atoms with Crippen molar-refractivity contribution >= 4 is 5.91 Å². The van der Waals surface area contributed by atoms with Crippen LogP contribution in [0.2, 0.25) is 0 Å². The predicted octanol–water partition coefficient (Wildman–Crippen LogP) is 1.02. The lowest BCUT2D eigenvalue weighted by Crippen LogP contribution is -2.36. The highest BCUT2D eigenvalue weighted by Crippen LogP contribution is 2.18. The van der Waals surface area contributed by atoms with E-state index in [1.54, 1.807) is 6.92 Å². The van der Waals surface area contributed by atoms with Gasteiger partial charge in [0.15, 0.2) is 6.10 Å². The number of nitrogens with zero attached hydrogens (tertiary/aromatic N) is 1. The predicted molar refractivity (Wildman–Crippen MR) is 78.3 cm³/mol. The molecular formula is C15H21N3O2. The second-order valence-electron chi connectivity index (χ2n) is 4.36. The first kappa shape index (κ1) is 16.0. The molecule has 0 aliphatic carbocycles. The smallest absolute Gasteiger partial charge is 0.261 e. The molecule has 1 heterocycles. The molecule has 1 atom stereocenters. The van der Waals surface area contributed by atoms with E-state index in [1.807, 2.05) is 26.0 Å². The summed E-state index contributed by atoms with van der Waals surface area (Å²) in [6.07, 6.45) is 4.48. The zero-order valence-electron chi connectivity index (χ0n) is 12.2. The molecule has 5 nitrogen and oxygen atoms in total. The molecule has 0 aromatic carbocycles. The number of hydrogen-bond acceptors (Lipinski definition) is 4. The zero-order valence-corrected chi connectivity index (χ0v) is 12.2. The summed E-state index contributed by atoms with van der Waals surface area (Å²) in [6, 6.07) is 3.69. The van der Waals surface area contributed by atoms with Crippen molar-refractivity contribution in [3.8, 4) is 18.1 Å². The monoisotopic (exact) mass is 275 g/mol. The largest absolute Gasteiger partial charge is 0.479 e. The van der Waals surface area contributed by atoms with E-state index in [1.165, 1.54) is 0 Å². The Morgan fingerprint density at radius 3 is 2.95 bits per heavy atom. The average Bonchev–Trinajstić information content (AvgIpc) is 2.44. The van der Waals surface area contributed by atoms with Crippen molar-refractivity contribution in [3.05, 3.63) is 23.5 Å². The van der Waals surface area contributed by atoms with Crippen LogP contribution in [-0.4, -0.2) is 30.1 Å². The minimum atomic E-state index is -0.617. The molecule has 0 saturated heterocycles. The Kier molecular flexibility index (Phi) is 6.54. The molecule has 0 spiro atoms. The number of rotatable bonds is 7. The molecule has 1 unspecified atom stereocenters. The van der Waals surface area contributed by atoms with Crippen LogP contribution in [0, 0.1) is 19.3 Å². The van der Waals surface area contributed by atoms with Gasteiger partial charge in [-0.05, 0) is 32.5 Å². The first-order valence-corrected chi connectivity index (χ1v) is 6.63. The van der Waals surface area contributed by atoms with Crippen molar-refractivity contribution < 1.29 is 9.53 Å². The Morgan fingerprint density at radius 1 is 1.55 bits per heavy atom. The quantitative estimate of drug-likeness (QED) is 0.729. The third-order valence-corrected chi connectivity index (χ3v) is 2.65. The second-order valence-corrected chi connectivity index (χ2v) is 4.36. The van der Waals surface area contributed by atoms with Gasteiger partial charge >= 0.3 is 0 Å². The minimum Gasteiger partial charge on any atom is -0.479 e. The van der Waals surface area contributed by atoms with Gasteiger partial charge in [0.05, 0.1) is 12.2 Å². The Labute approximate surface area is 120 Å². The van der Waals surface area contributed by atoms with Crippen LogP contribution in [0.1, 0.15) is 25.2 Å². The van der Waals surface area contributed by atoms with Gasteiger partial charge in [-0.1, -0.05) is 12.8 Å². The molecule has 108 valence electrons. The third kappa shape index (κ3) is 4.90. The number of amides is 1. The molecular weight excluding hydrogens is 254 g/mol. The fraction of sp³-hybridized carbons (Fsp3) is 0.467. The molecule has 1 amide bonds. The minimum absolute atomic E-state index is 0.197. The highest BCUT2D eigenvalue weighted by molar-refractivity contribution is 5.80. The fourth-order valence-corrected chi connectivity index (χ4v) is 1.60. The number of aromatic nitrogens is 1. The molecule has 0 saturated carbocycles. The van der Waals surface area contributed by atoms with Crippen LogP contribution in [0.4, 0.5) is 0 Å². The van der Waals surface area contributed by atoms with Crippen molar-refractivity contribution in [1.82, 2.24) is 15.6 Å². The number of ether oxygens (including phenoxy) is 1. The number of nitrogens with one attached hydrogen (secondary N) is 2. The Balaban J connectivity index is 2.75. The van der Waals surface area contributed by atoms with Crippen LogP contribution in [0.25, 0.3) is 0 Å². The maximum Gasteiger partial charge on any atom is 0.261 e. The summed E-state index contributed by atoms with van der Waals surface area (Å²) in [4.78, 5) is 16.2. The van der Waals surface area contributed by atoms with Crippen LogP contribution >= 0.6 is 0 Å². The molecule has 0 aliphatic rings. The highest BCUT2D eigenvalue weighted by Gasteiger charge is 2.16. The van der Waals surface area contributed by atoms with Gasteiger partial charge in [0, 0.05) is 12.2 Å². The fourth-order valence-electron chi connectivity index (χ4n) is 1.60. The van der Waals surface area contributed by atoms with Crippen molar-refractivity contribution in [2.75, 3.05) is 13.1 Å². The van der Waals surface area contributed by atoms with E-state index in [9.17, 15) is 4.79 Å². The van der Waals surface area contributed by atoms with Gasteiger partial charge in [0.2, 0.25) is 0 Å². The number of carbonyl (C=O) groups excluding carboxylic acids is 1. The summed E-state index contributed by atoms with van der Waals surface area (Å²) in [6.45, 7) is 7.26. The molecule has 5 heteroatoms. The summed E-state index contributed by atoms with van der Waals surface area (Å²) in [5.74, 6) is 2.73. The first-order chi connectivity index (χ1) is 9.58. The van der Waals surface area contributed by atoms with Gasteiger partial charge in [-0.2, -0.15) is 0 Å². The molecule has 0 bridgehead atoms. The van der Waals surface area contributed by atoms with Crippen molar-refractivity contribution in [1.29, 1.82) is 0 Å². The van der Waals surface area contributed by atoms with Crippen molar-refractivity contribution in [2.45, 2.75) is 33.4 Å². The van der Waals surface area contributed by atoms with Gasteiger partial charge in [-0.25, -0.2) is 0 Å². The number of carbonyl (C=O) groups is 1. The van der Waals surface area contributed by atoms with Crippen molar-refractivity contribution in [2.24, 2.45) is 0 Å². The Bertz CT molecular complexity index is 494. The Morgan fingerprint density at radius 2 is 2.30 bits per heavy atom. The summed E-state index contributed by atoms with van der Waals surface area (Å²) >= 11 is 0. The summed E-state index contributed by atoms with van der Waals surface area (Å²) in [7, 11) is 0. The highest BCUT2D eigenvalue weighted by atomic mass is 16.5. The van der Waals surface area contributed by atoms with Gasteiger partial charge in [0.25, 0.3) is 5.91 Å². The average molecular weight is 275 g/mol. The summed E-state index contributed by atoms with van der Waals surface area (Å²) in [5.41, 5.74) is 1.71. The molecule has 1 rings (SSSR count). The van der Waals surface area contributed by atoms with Crippen LogP contribution in [0.15, 0.2) is 12.1 Å². The van der Waals surface area contributed by atoms with Gasteiger partial charge in [-0.3, -0.25) is 9.78 Å². The van der Waals surface area contributed by atoms with Crippen LogP contribution in [-0.2, 0) is 11.3 Å². The summed E-state index contributed by atoms with van der Waals surface area (Å²) < 4.78 is 5.67. The SMILES string of the molecule is C#CCNC(=O)C(C)Oc1ccc(C)nc1CNCC. The van der Waals surface area contributed by atoms with E-state index >= 15 is 0 Å². The number of hydrogen-bond donors (Lipinski definition) is 2. The van der Waals surface area contributed by atoms with Gasteiger partial charge < -0.3 is 15.4 Å². The lowest BCUT2D eigenvalue weighted by Gasteiger charge is -2.16. The Hall–Kier alpha value is -2.06. The van der Waals surface area contributed by atoms with E-state index < -0.39 is 6.10 Å². The summed E-state index contributed by atoms with van der Waals surface area (Å²) in [5, 5.41) is 5.79. The van der Waals surface area contributed by atoms with E-state index in [0.717, 1.165) is 17.9 Å². The molecule has 20 heavy (non-hydrogen) atoms. The standard InChI is InChI=1S/C15H21N3O2/c1-5-9-17-15(19)12(4)20-14-8-7-11(3)18-13(14)10-16-6-2/h1,7-8,12,16H,6,9-10H2,2-4H3,(H,17,19). The maximum absolute atomic E-state index is 11.7. The van der Waals surface area contributed by atoms with E-state index in [0.29, 0.717) is 12.3 Å². The van der Waals surface area contributed by atoms with E-state index in [2.05, 4.69) is 21.5 Å². The molecule has 2 N–H and O–H groups in total. The second kappa shape index (κ2) is 8.18. The van der Waals surface area contributed by atoms with Crippen LogP contribution in [0.5, 0.6) is 5.75 Å². The number of terminal acetylenes is 1. The van der Waals surface area contributed by atoms with Crippen LogP contribution < -0.4 is 15.4 Å². The molecule has 0 fully saturated rings. The van der Waals surface area contributed by atoms with Gasteiger partial charge in [0.1, 0.15) is 5.75 Å². The van der Waals surface area contributed by atoms with Crippen molar-refractivity contribution in [3.63, 3.8) is 0 Å². The lowest BCUT2D eigenvalue weighted by atomic mass is 10.2. The van der Waals surface area contributed by atoms with E-state index in [-0.39, 0.29) is 12.5 Å². The van der Waals surface area contributed by atoms with Gasteiger partial charge in [-0.15, -0.1) is 6.42 Å². The van der Waals surface area contributed by atoms with E-state index in [4.69, 9.17) is 11.2 Å².